The average molecular weight is 264 g/mol. The Bertz CT molecular complexity index is 768. The second-order valence-corrected chi connectivity index (χ2v) is 5.69. The summed E-state index contributed by atoms with van der Waals surface area (Å²) >= 11 is 0. The number of hydrogen-bond donors (Lipinski definition) is 2. The molecule has 0 unspecified atom stereocenters. The molecule has 2 aromatic rings. The molecule has 0 fully saturated rings. The number of rotatable bonds is 0. The average Bonchev–Trinajstić information content (AvgIpc) is 2.48. The van der Waals surface area contributed by atoms with Crippen molar-refractivity contribution >= 4 is 22.9 Å². The maximum atomic E-state index is 10.3. The zero-order valence-electron chi connectivity index (χ0n) is 11.6. The lowest BCUT2D eigenvalue weighted by molar-refractivity contribution is 0.400. The van der Waals surface area contributed by atoms with Crippen LogP contribution in [0.5, 0.6) is 11.5 Å². The van der Waals surface area contributed by atoms with Crippen LogP contribution in [0.3, 0.4) is 0 Å². The van der Waals surface area contributed by atoms with E-state index in [-0.39, 0.29) is 11.5 Å². The number of phenols is 2. The molecule has 2 nitrogen and oxygen atoms in total. The predicted molar refractivity (Wildman–Crippen MR) is 82.2 cm³/mol. The molecule has 2 aliphatic carbocycles. The largest absolute Gasteiger partial charge is 0.504 e. The molecule has 0 spiro atoms. The molecule has 0 amide bonds. The molecule has 2 aromatic carbocycles. The second-order valence-electron chi connectivity index (χ2n) is 5.69. The molecule has 0 aromatic heterocycles. The molecule has 2 heteroatoms. The van der Waals surface area contributed by atoms with E-state index >= 15 is 0 Å². The molecular weight excluding hydrogens is 248 g/mol. The molecule has 4 rings (SSSR count). The Morgan fingerprint density at radius 1 is 0.750 bits per heavy atom. The first-order valence-corrected chi connectivity index (χ1v) is 6.96. The van der Waals surface area contributed by atoms with Crippen molar-refractivity contribution in [2.45, 2.75) is 26.7 Å². The highest BCUT2D eigenvalue weighted by atomic mass is 16.3. The van der Waals surface area contributed by atoms with Crippen LogP contribution in [0.25, 0.3) is 22.9 Å². The summed E-state index contributed by atoms with van der Waals surface area (Å²) in [6.07, 6.45) is 9.76. The van der Waals surface area contributed by atoms with Crippen LogP contribution in [0.4, 0.5) is 0 Å². The minimum Gasteiger partial charge on any atom is -0.504 e. The van der Waals surface area contributed by atoms with Crippen LogP contribution in [0.1, 0.15) is 33.4 Å². The Balaban J connectivity index is 2.38. The van der Waals surface area contributed by atoms with E-state index in [9.17, 15) is 10.2 Å². The van der Waals surface area contributed by atoms with Gasteiger partial charge in [0.2, 0.25) is 0 Å². The number of benzene rings is 2. The molecule has 2 aliphatic rings. The van der Waals surface area contributed by atoms with Gasteiger partial charge in [0.25, 0.3) is 0 Å². The van der Waals surface area contributed by atoms with Gasteiger partial charge in [-0.1, -0.05) is 24.3 Å². The standard InChI is InChI=1S/C18H16O2/c1-9-10(2)12-6-4-8-14-16(12)15-11(9)5-3-7-13(15)17(19)18(14)20/h3-5,8,19-20H,6-7H2,1-2H3. The number of aromatic hydroxyl groups is 2. The fourth-order valence-electron chi connectivity index (χ4n) is 3.62. The fraction of sp³-hybridized carbons (Fsp3) is 0.222. The molecular formula is C18H16O2. The van der Waals surface area contributed by atoms with Crippen molar-refractivity contribution in [3.8, 4) is 11.5 Å². The van der Waals surface area contributed by atoms with Gasteiger partial charge in [0.15, 0.2) is 11.5 Å². The highest BCUT2D eigenvalue weighted by Gasteiger charge is 2.26. The van der Waals surface area contributed by atoms with Gasteiger partial charge in [0.1, 0.15) is 0 Å². The van der Waals surface area contributed by atoms with Crippen molar-refractivity contribution < 1.29 is 10.2 Å². The van der Waals surface area contributed by atoms with E-state index in [0.717, 1.165) is 28.3 Å². The van der Waals surface area contributed by atoms with Gasteiger partial charge in [-0.3, -0.25) is 0 Å². The Morgan fingerprint density at radius 2 is 1.35 bits per heavy atom. The first kappa shape index (κ1) is 11.6. The normalized spacial score (nSPS) is 15.1. The van der Waals surface area contributed by atoms with E-state index in [1.54, 1.807) is 0 Å². The summed E-state index contributed by atoms with van der Waals surface area (Å²) in [7, 11) is 0. The van der Waals surface area contributed by atoms with Crippen molar-refractivity contribution in [1.82, 2.24) is 0 Å². The molecule has 0 saturated carbocycles. The summed E-state index contributed by atoms with van der Waals surface area (Å²) in [5, 5.41) is 22.9. The van der Waals surface area contributed by atoms with Gasteiger partial charge in [0.05, 0.1) is 0 Å². The second kappa shape index (κ2) is 3.66. The molecule has 0 saturated heterocycles. The first-order valence-electron chi connectivity index (χ1n) is 6.96. The number of allylic oxidation sites excluding steroid dienone is 2. The van der Waals surface area contributed by atoms with Gasteiger partial charge >= 0.3 is 0 Å². The van der Waals surface area contributed by atoms with Gasteiger partial charge < -0.3 is 10.2 Å². The molecule has 100 valence electrons. The molecule has 0 atom stereocenters. The highest BCUT2D eigenvalue weighted by molar-refractivity contribution is 6.07. The highest BCUT2D eigenvalue weighted by Crippen LogP contribution is 2.48. The maximum Gasteiger partial charge on any atom is 0.165 e. The molecule has 0 radical (unpaired) electrons. The fourth-order valence-corrected chi connectivity index (χ4v) is 3.62. The maximum absolute atomic E-state index is 10.3. The SMILES string of the molecule is Cc1c(C)c2c3c(c(O)c(O)c4c3c1C=CC4)C=CC2. The molecule has 0 bridgehead atoms. The number of phenolic OH excluding ortho intramolecular Hbond substituents is 2. The summed E-state index contributed by atoms with van der Waals surface area (Å²) in [6.45, 7) is 4.29. The Kier molecular flexibility index (Phi) is 2.12. The minimum absolute atomic E-state index is 0.0224. The van der Waals surface area contributed by atoms with Crippen LogP contribution >= 0.6 is 0 Å². The van der Waals surface area contributed by atoms with Crippen LogP contribution in [0.2, 0.25) is 0 Å². The summed E-state index contributed by atoms with van der Waals surface area (Å²) in [4.78, 5) is 0. The van der Waals surface area contributed by atoms with Gasteiger partial charge in [-0.15, -0.1) is 0 Å². The molecule has 20 heavy (non-hydrogen) atoms. The molecule has 2 N–H and O–H groups in total. The van der Waals surface area contributed by atoms with Crippen molar-refractivity contribution in [2.24, 2.45) is 0 Å². The smallest absolute Gasteiger partial charge is 0.165 e. The predicted octanol–water partition coefficient (Wildman–Crippen LogP) is 4.01. The van der Waals surface area contributed by atoms with E-state index in [2.05, 4.69) is 32.1 Å². The van der Waals surface area contributed by atoms with E-state index in [1.165, 1.54) is 22.3 Å². The zero-order chi connectivity index (χ0) is 14.0. The minimum atomic E-state index is 0.0224. The van der Waals surface area contributed by atoms with Gasteiger partial charge in [0, 0.05) is 11.1 Å². The molecule has 0 heterocycles. The van der Waals surface area contributed by atoms with Gasteiger partial charge in [-0.2, -0.15) is 0 Å². The van der Waals surface area contributed by atoms with Crippen LogP contribution in [0, 0.1) is 13.8 Å². The lowest BCUT2D eigenvalue weighted by Crippen LogP contribution is -2.06. The van der Waals surface area contributed by atoms with Crippen LogP contribution in [-0.4, -0.2) is 10.2 Å². The van der Waals surface area contributed by atoms with Gasteiger partial charge in [-0.25, -0.2) is 0 Å². The third-order valence-electron chi connectivity index (χ3n) is 4.79. The van der Waals surface area contributed by atoms with Crippen molar-refractivity contribution in [1.29, 1.82) is 0 Å². The van der Waals surface area contributed by atoms with Gasteiger partial charge in [-0.05, 0) is 59.7 Å². The third kappa shape index (κ3) is 1.19. The van der Waals surface area contributed by atoms with Crippen LogP contribution in [0.15, 0.2) is 12.2 Å². The summed E-state index contributed by atoms with van der Waals surface area (Å²) in [6, 6.07) is 0. The Labute approximate surface area is 117 Å². The van der Waals surface area contributed by atoms with Crippen molar-refractivity contribution in [3.63, 3.8) is 0 Å². The van der Waals surface area contributed by atoms with Crippen molar-refractivity contribution in [3.05, 3.63) is 45.5 Å². The third-order valence-corrected chi connectivity index (χ3v) is 4.79. The van der Waals surface area contributed by atoms with E-state index in [4.69, 9.17) is 0 Å². The van der Waals surface area contributed by atoms with E-state index < -0.39 is 0 Å². The molecule has 0 aliphatic heterocycles. The van der Waals surface area contributed by atoms with Crippen LogP contribution < -0.4 is 0 Å². The Hall–Kier alpha value is -2.22. The van der Waals surface area contributed by atoms with E-state index in [1.807, 2.05) is 6.08 Å². The summed E-state index contributed by atoms with van der Waals surface area (Å²) < 4.78 is 0. The van der Waals surface area contributed by atoms with Crippen molar-refractivity contribution in [2.75, 3.05) is 0 Å². The first-order chi connectivity index (χ1) is 9.61. The summed E-state index contributed by atoms with van der Waals surface area (Å²) in [5.74, 6) is 0.0630. The lowest BCUT2D eigenvalue weighted by Gasteiger charge is -2.25. The van der Waals surface area contributed by atoms with E-state index in [0.29, 0.717) is 6.42 Å². The monoisotopic (exact) mass is 264 g/mol. The van der Waals surface area contributed by atoms with Crippen LogP contribution in [-0.2, 0) is 12.8 Å². The lowest BCUT2D eigenvalue weighted by atomic mass is 9.79. The Morgan fingerprint density at radius 3 is 2.10 bits per heavy atom. The summed E-state index contributed by atoms with van der Waals surface area (Å²) in [5.41, 5.74) is 6.66. The number of hydrogen-bond acceptors (Lipinski definition) is 2. The zero-order valence-corrected chi connectivity index (χ0v) is 11.6. The topological polar surface area (TPSA) is 40.5 Å². The quantitative estimate of drug-likeness (QED) is 0.706.